The van der Waals surface area contributed by atoms with Crippen LogP contribution in [0.15, 0.2) is 46.3 Å². The number of hydrogen-bond acceptors (Lipinski definition) is 5. The Morgan fingerprint density at radius 2 is 1.78 bits per heavy atom. The Hall–Kier alpha value is -2.09. The Labute approximate surface area is 165 Å². The average molecular weight is 410 g/mol. The van der Waals surface area contributed by atoms with Gasteiger partial charge in [0.2, 0.25) is 10.0 Å². The summed E-state index contributed by atoms with van der Waals surface area (Å²) in [6, 6.07) is 9.91. The minimum atomic E-state index is -3.67. The number of nitrogens with zero attached hydrogens (tertiary/aromatic N) is 3. The zero-order valence-electron chi connectivity index (χ0n) is 15.8. The van der Waals surface area contributed by atoms with Crippen molar-refractivity contribution in [2.45, 2.75) is 18.7 Å². The molecule has 0 atom stereocenters. The van der Waals surface area contributed by atoms with Crippen LogP contribution in [0.4, 0.5) is 11.4 Å². The number of sulfonamides is 1. The topological polar surface area (TPSA) is 73.2 Å². The van der Waals surface area contributed by atoms with Gasteiger partial charge in [-0.3, -0.25) is 4.99 Å². The normalized spacial score (nSPS) is 12.1. The Morgan fingerprint density at radius 1 is 1.11 bits per heavy atom. The Bertz CT molecular complexity index is 939. The first-order chi connectivity index (χ1) is 12.7. The summed E-state index contributed by atoms with van der Waals surface area (Å²) in [5.41, 5.74) is 1.89. The molecule has 0 bridgehead atoms. The molecule has 6 nitrogen and oxygen atoms in total. The van der Waals surface area contributed by atoms with Gasteiger partial charge in [-0.1, -0.05) is 11.6 Å². The molecule has 27 heavy (non-hydrogen) atoms. The second kappa shape index (κ2) is 8.73. The molecular weight excluding hydrogens is 386 g/mol. The summed E-state index contributed by atoms with van der Waals surface area (Å²) in [4.78, 5) is 6.40. The number of benzene rings is 2. The van der Waals surface area contributed by atoms with E-state index in [9.17, 15) is 13.5 Å². The van der Waals surface area contributed by atoms with Crippen molar-refractivity contribution in [1.29, 1.82) is 0 Å². The largest absolute Gasteiger partial charge is 0.507 e. The standard InChI is InChI=1S/C19H24ClN3O3S/c1-5-23(6-2)16-9-7-14(18(24)12-16)13-21-15-8-10-17(20)19(11-15)27(25,26)22(3)4/h7-13,24H,5-6H2,1-4H3. The Balaban J connectivity index is 2.34. The summed E-state index contributed by atoms with van der Waals surface area (Å²) in [5.74, 6) is 0.109. The fourth-order valence-corrected chi connectivity index (χ4v) is 3.93. The summed E-state index contributed by atoms with van der Waals surface area (Å²) >= 11 is 6.04. The maximum atomic E-state index is 12.3. The van der Waals surface area contributed by atoms with Gasteiger partial charge in [-0.05, 0) is 44.2 Å². The quantitative estimate of drug-likeness (QED) is 0.704. The third-order valence-electron chi connectivity index (χ3n) is 4.17. The molecule has 2 aromatic carbocycles. The summed E-state index contributed by atoms with van der Waals surface area (Å²) in [7, 11) is -0.786. The highest BCUT2D eigenvalue weighted by molar-refractivity contribution is 7.89. The van der Waals surface area contributed by atoms with E-state index in [-0.39, 0.29) is 15.7 Å². The van der Waals surface area contributed by atoms with E-state index >= 15 is 0 Å². The number of phenolic OH excluding ortho intramolecular Hbond substituents is 1. The molecule has 8 heteroatoms. The molecule has 0 unspecified atom stereocenters. The minimum absolute atomic E-state index is 0.00933. The molecule has 0 aromatic heterocycles. The molecule has 0 heterocycles. The van der Waals surface area contributed by atoms with Crippen LogP contribution in [0.5, 0.6) is 5.75 Å². The third-order valence-corrected chi connectivity index (χ3v) is 6.47. The van der Waals surface area contributed by atoms with Gasteiger partial charge in [-0.25, -0.2) is 12.7 Å². The van der Waals surface area contributed by atoms with Crippen LogP contribution < -0.4 is 4.90 Å². The molecule has 0 fully saturated rings. The fourth-order valence-electron chi connectivity index (χ4n) is 2.54. The van der Waals surface area contributed by atoms with Crippen molar-refractivity contribution >= 4 is 39.2 Å². The van der Waals surface area contributed by atoms with Crippen LogP contribution in [0, 0.1) is 0 Å². The predicted molar refractivity (Wildman–Crippen MR) is 111 cm³/mol. The molecule has 0 aliphatic carbocycles. The molecule has 2 aromatic rings. The maximum absolute atomic E-state index is 12.3. The lowest BCUT2D eigenvalue weighted by atomic mass is 10.2. The first-order valence-electron chi connectivity index (χ1n) is 8.54. The lowest BCUT2D eigenvalue weighted by Crippen LogP contribution is -2.22. The molecule has 2 rings (SSSR count). The van der Waals surface area contributed by atoms with E-state index in [1.807, 2.05) is 6.07 Å². The van der Waals surface area contributed by atoms with Gasteiger partial charge in [0.05, 0.1) is 10.7 Å². The van der Waals surface area contributed by atoms with E-state index in [1.54, 1.807) is 18.2 Å². The van der Waals surface area contributed by atoms with Crippen LogP contribution in [-0.2, 0) is 10.0 Å². The number of rotatable bonds is 7. The summed E-state index contributed by atoms with van der Waals surface area (Å²) in [6.45, 7) is 5.79. The number of phenols is 1. The summed E-state index contributed by atoms with van der Waals surface area (Å²) in [6.07, 6.45) is 1.50. The molecule has 0 saturated carbocycles. The van der Waals surface area contributed by atoms with Gasteiger partial charge in [0.15, 0.2) is 0 Å². The lowest BCUT2D eigenvalue weighted by molar-refractivity contribution is 0.474. The molecule has 146 valence electrons. The van der Waals surface area contributed by atoms with Gasteiger partial charge >= 0.3 is 0 Å². The van der Waals surface area contributed by atoms with Crippen LogP contribution in [0.25, 0.3) is 0 Å². The molecule has 0 aliphatic rings. The van der Waals surface area contributed by atoms with Crippen molar-refractivity contribution in [3.63, 3.8) is 0 Å². The SMILES string of the molecule is CCN(CC)c1ccc(C=Nc2ccc(Cl)c(S(=O)(=O)N(C)C)c2)c(O)c1. The third kappa shape index (κ3) is 4.80. The molecule has 0 radical (unpaired) electrons. The van der Waals surface area contributed by atoms with Crippen molar-refractivity contribution in [3.8, 4) is 5.75 Å². The highest BCUT2D eigenvalue weighted by Gasteiger charge is 2.21. The second-order valence-electron chi connectivity index (χ2n) is 6.08. The van der Waals surface area contributed by atoms with Crippen LogP contribution in [0.3, 0.4) is 0 Å². The van der Waals surface area contributed by atoms with Crippen LogP contribution in [0.2, 0.25) is 5.02 Å². The molecule has 0 saturated heterocycles. The Morgan fingerprint density at radius 3 is 2.33 bits per heavy atom. The smallest absolute Gasteiger partial charge is 0.244 e. The van der Waals surface area contributed by atoms with E-state index in [4.69, 9.17) is 11.6 Å². The highest BCUT2D eigenvalue weighted by Crippen LogP contribution is 2.29. The van der Waals surface area contributed by atoms with E-state index in [0.29, 0.717) is 11.3 Å². The van der Waals surface area contributed by atoms with Gasteiger partial charge in [0.1, 0.15) is 10.6 Å². The van der Waals surface area contributed by atoms with Crippen molar-refractivity contribution in [1.82, 2.24) is 4.31 Å². The number of hydrogen-bond donors (Lipinski definition) is 1. The second-order valence-corrected chi connectivity index (χ2v) is 8.60. The van der Waals surface area contributed by atoms with Crippen molar-refractivity contribution in [2.24, 2.45) is 4.99 Å². The fraction of sp³-hybridized carbons (Fsp3) is 0.316. The summed E-state index contributed by atoms with van der Waals surface area (Å²) in [5, 5.41) is 10.4. The monoisotopic (exact) mass is 409 g/mol. The number of halogens is 1. The molecule has 0 aliphatic heterocycles. The summed E-state index contributed by atoms with van der Waals surface area (Å²) < 4.78 is 25.8. The van der Waals surface area contributed by atoms with Gasteiger partial charge in [-0.2, -0.15) is 0 Å². The van der Waals surface area contributed by atoms with E-state index < -0.39 is 10.0 Å². The van der Waals surface area contributed by atoms with E-state index in [1.165, 1.54) is 32.4 Å². The molecule has 0 amide bonds. The van der Waals surface area contributed by atoms with Gasteiger partial charge < -0.3 is 10.0 Å². The van der Waals surface area contributed by atoms with Gasteiger partial charge in [-0.15, -0.1) is 0 Å². The number of anilines is 1. The van der Waals surface area contributed by atoms with E-state index in [2.05, 4.69) is 23.7 Å². The number of aliphatic imine (C=N–C) groups is 1. The van der Waals surface area contributed by atoms with Gasteiger partial charge in [0.25, 0.3) is 0 Å². The number of aromatic hydroxyl groups is 1. The van der Waals surface area contributed by atoms with Crippen molar-refractivity contribution in [3.05, 3.63) is 47.0 Å². The predicted octanol–water partition coefficient (Wildman–Crippen LogP) is 3.89. The molecular formula is C19H24ClN3O3S. The molecule has 0 spiro atoms. The van der Waals surface area contributed by atoms with E-state index in [0.717, 1.165) is 23.1 Å². The first-order valence-corrected chi connectivity index (χ1v) is 10.4. The lowest BCUT2D eigenvalue weighted by Gasteiger charge is -2.21. The van der Waals surface area contributed by atoms with Gasteiger partial charge in [0, 0.05) is 50.7 Å². The van der Waals surface area contributed by atoms with Crippen molar-refractivity contribution in [2.75, 3.05) is 32.1 Å². The zero-order chi connectivity index (χ0) is 20.2. The maximum Gasteiger partial charge on any atom is 0.244 e. The highest BCUT2D eigenvalue weighted by atomic mass is 35.5. The first kappa shape index (κ1) is 21.2. The molecule has 1 N–H and O–H groups in total. The van der Waals surface area contributed by atoms with Crippen LogP contribution >= 0.6 is 11.6 Å². The Kier molecular flexibility index (Phi) is 6.86. The average Bonchev–Trinajstić information content (AvgIpc) is 2.63. The van der Waals surface area contributed by atoms with Crippen LogP contribution in [0.1, 0.15) is 19.4 Å². The van der Waals surface area contributed by atoms with Crippen LogP contribution in [-0.4, -0.2) is 51.2 Å². The zero-order valence-corrected chi connectivity index (χ0v) is 17.4. The van der Waals surface area contributed by atoms with Crippen molar-refractivity contribution < 1.29 is 13.5 Å². The minimum Gasteiger partial charge on any atom is -0.507 e.